The Hall–Kier alpha value is -3.51. The Morgan fingerprint density at radius 3 is 2.48 bits per heavy atom. The van der Waals surface area contributed by atoms with Crippen molar-refractivity contribution < 1.29 is 9.18 Å². The van der Waals surface area contributed by atoms with E-state index in [4.69, 9.17) is 0 Å². The zero-order valence-corrected chi connectivity index (χ0v) is 18.0. The number of hydrogen-bond donors (Lipinski definition) is 2. The summed E-state index contributed by atoms with van der Waals surface area (Å²) in [7, 11) is 0. The van der Waals surface area contributed by atoms with Gasteiger partial charge in [0.1, 0.15) is 16.6 Å². The summed E-state index contributed by atoms with van der Waals surface area (Å²) in [5.41, 5.74) is 3.29. The molecular formula is C25H22FN3OS. The van der Waals surface area contributed by atoms with Crippen molar-refractivity contribution >= 4 is 28.1 Å². The highest BCUT2D eigenvalue weighted by Crippen LogP contribution is 2.41. The van der Waals surface area contributed by atoms with Gasteiger partial charge in [0.25, 0.3) is 5.91 Å². The minimum absolute atomic E-state index is 0.182. The monoisotopic (exact) mass is 431 g/mol. The van der Waals surface area contributed by atoms with E-state index in [0.29, 0.717) is 11.4 Å². The molecule has 0 bridgehead atoms. The van der Waals surface area contributed by atoms with Crippen molar-refractivity contribution in [1.82, 2.24) is 4.98 Å². The molecule has 4 nitrogen and oxygen atoms in total. The molecule has 1 atom stereocenters. The van der Waals surface area contributed by atoms with Gasteiger partial charge in [-0.1, -0.05) is 36.4 Å². The zero-order chi connectivity index (χ0) is 21.8. The number of aryl methyl sites for hydroxylation is 1. The van der Waals surface area contributed by atoms with Crippen LogP contribution in [0, 0.1) is 19.7 Å². The predicted molar refractivity (Wildman–Crippen MR) is 124 cm³/mol. The highest BCUT2D eigenvalue weighted by atomic mass is 32.1. The number of carbonyl (C=O) groups excluding carboxylic acids is 1. The number of nitrogens with zero attached hydrogens (tertiary/aromatic N) is 1. The first-order chi connectivity index (χ1) is 15.0. The molecule has 1 amide bonds. The maximum absolute atomic E-state index is 14.1. The number of nitrogens with one attached hydrogen (secondary N) is 2. The van der Waals surface area contributed by atoms with Crippen LogP contribution in [0.4, 0.5) is 15.2 Å². The lowest BCUT2D eigenvalue weighted by molar-refractivity contribution is 0.102. The van der Waals surface area contributed by atoms with Crippen LogP contribution in [-0.2, 0) is 0 Å². The number of halogens is 1. The summed E-state index contributed by atoms with van der Waals surface area (Å²) in [6.45, 7) is 4.04. The average molecular weight is 432 g/mol. The van der Waals surface area contributed by atoms with Gasteiger partial charge in [0.2, 0.25) is 0 Å². The first-order valence-electron chi connectivity index (χ1n) is 9.92. The van der Waals surface area contributed by atoms with Gasteiger partial charge in [-0.25, -0.2) is 9.37 Å². The molecule has 0 aliphatic heterocycles. The lowest BCUT2D eigenvalue weighted by Gasteiger charge is -2.22. The number of rotatable bonds is 6. The highest BCUT2D eigenvalue weighted by Gasteiger charge is 2.25. The standard InChI is InChI=1S/C25H22FN3OS/c1-16-17(2)31-25(29-24(30)18-9-4-3-5-10-18)22(16)23(19-11-8-12-20(26)15-19)28-21-13-6-7-14-27-21/h3-15,23H,1-2H3,(H,27,28)(H,29,30). The van der Waals surface area contributed by atoms with Crippen molar-refractivity contribution in [1.29, 1.82) is 0 Å². The second kappa shape index (κ2) is 9.10. The molecule has 4 aromatic rings. The molecule has 31 heavy (non-hydrogen) atoms. The molecular weight excluding hydrogens is 409 g/mol. The fraction of sp³-hybridized carbons (Fsp3) is 0.120. The fourth-order valence-electron chi connectivity index (χ4n) is 3.45. The Bertz CT molecular complexity index is 1190. The van der Waals surface area contributed by atoms with Crippen LogP contribution in [0.25, 0.3) is 0 Å². The van der Waals surface area contributed by atoms with Gasteiger partial charge in [-0.15, -0.1) is 11.3 Å². The van der Waals surface area contributed by atoms with Gasteiger partial charge < -0.3 is 10.6 Å². The third-order valence-corrected chi connectivity index (χ3v) is 6.26. The Balaban J connectivity index is 1.78. The SMILES string of the molecule is Cc1sc(NC(=O)c2ccccc2)c(C(Nc2ccccn2)c2cccc(F)c2)c1C. The van der Waals surface area contributed by atoms with E-state index in [9.17, 15) is 9.18 Å². The van der Waals surface area contributed by atoms with Gasteiger partial charge in [0.15, 0.2) is 0 Å². The molecule has 156 valence electrons. The highest BCUT2D eigenvalue weighted by molar-refractivity contribution is 7.16. The van der Waals surface area contributed by atoms with Crippen molar-refractivity contribution in [3.05, 3.63) is 112 Å². The Kier molecular flexibility index (Phi) is 6.09. The van der Waals surface area contributed by atoms with Crippen LogP contribution < -0.4 is 10.6 Å². The lowest BCUT2D eigenvalue weighted by atomic mass is 9.96. The van der Waals surface area contributed by atoms with Gasteiger partial charge >= 0.3 is 0 Å². The largest absolute Gasteiger partial charge is 0.359 e. The fourth-order valence-corrected chi connectivity index (χ4v) is 4.55. The number of carbonyl (C=O) groups is 1. The van der Waals surface area contributed by atoms with Crippen LogP contribution in [0.15, 0.2) is 79.0 Å². The van der Waals surface area contributed by atoms with Crippen molar-refractivity contribution in [3.8, 4) is 0 Å². The molecule has 2 N–H and O–H groups in total. The summed E-state index contributed by atoms with van der Waals surface area (Å²) < 4.78 is 14.1. The maximum atomic E-state index is 14.1. The van der Waals surface area contributed by atoms with Crippen LogP contribution in [-0.4, -0.2) is 10.9 Å². The first kappa shape index (κ1) is 20.8. The Labute approximate surface area is 184 Å². The van der Waals surface area contributed by atoms with Crippen molar-refractivity contribution in [3.63, 3.8) is 0 Å². The molecule has 6 heteroatoms. The number of benzene rings is 2. The van der Waals surface area contributed by atoms with Crippen molar-refractivity contribution in [2.24, 2.45) is 0 Å². The Morgan fingerprint density at radius 1 is 1.00 bits per heavy atom. The second-order valence-corrected chi connectivity index (χ2v) is 8.42. The summed E-state index contributed by atoms with van der Waals surface area (Å²) in [5.74, 6) is 0.170. The third kappa shape index (κ3) is 4.64. The number of anilines is 2. The minimum Gasteiger partial charge on any atom is -0.359 e. The summed E-state index contributed by atoms with van der Waals surface area (Å²) in [6, 6.07) is 20.8. The van der Waals surface area contributed by atoms with Gasteiger partial charge in [0, 0.05) is 22.2 Å². The quantitative estimate of drug-likeness (QED) is 0.374. The number of aromatic nitrogens is 1. The van der Waals surface area contributed by atoms with E-state index in [1.165, 1.54) is 23.5 Å². The second-order valence-electron chi connectivity index (χ2n) is 7.19. The van der Waals surface area contributed by atoms with E-state index in [1.807, 2.05) is 56.3 Å². The van der Waals surface area contributed by atoms with Gasteiger partial charge in [0.05, 0.1) is 6.04 Å². The molecule has 2 heterocycles. The molecule has 0 aliphatic carbocycles. The van der Waals surface area contributed by atoms with Crippen LogP contribution in [0.5, 0.6) is 0 Å². The molecule has 0 spiro atoms. The van der Waals surface area contributed by atoms with Crippen molar-refractivity contribution in [2.45, 2.75) is 19.9 Å². The predicted octanol–water partition coefficient (Wildman–Crippen LogP) is 6.35. The van der Waals surface area contributed by atoms with Crippen LogP contribution in [0.2, 0.25) is 0 Å². The van der Waals surface area contributed by atoms with E-state index in [1.54, 1.807) is 24.4 Å². The number of pyridine rings is 1. The first-order valence-corrected chi connectivity index (χ1v) is 10.7. The van der Waals surface area contributed by atoms with E-state index >= 15 is 0 Å². The van der Waals surface area contributed by atoms with Crippen LogP contribution in [0.1, 0.15) is 38.0 Å². The average Bonchev–Trinajstić information content (AvgIpc) is 3.06. The van der Waals surface area contributed by atoms with Crippen LogP contribution >= 0.6 is 11.3 Å². The minimum atomic E-state index is -0.387. The zero-order valence-electron chi connectivity index (χ0n) is 17.2. The van der Waals surface area contributed by atoms with Gasteiger partial charge in [-0.3, -0.25) is 4.79 Å². The molecule has 4 rings (SSSR count). The van der Waals surface area contributed by atoms with E-state index in [2.05, 4.69) is 15.6 Å². The number of amides is 1. The van der Waals surface area contributed by atoms with E-state index < -0.39 is 0 Å². The molecule has 0 radical (unpaired) electrons. The van der Waals surface area contributed by atoms with E-state index in [-0.39, 0.29) is 17.8 Å². The molecule has 0 saturated heterocycles. The third-order valence-electron chi connectivity index (χ3n) is 5.12. The lowest BCUT2D eigenvalue weighted by Crippen LogP contribution is -2.18. The van der Waals surface area contributed by atoms with Gasteiger partial charge in [-0.2, -0.15) is 0 Å². The number of hydrogen-bond acceptors (Lipinski definition) is 4. The molecule has 0 fully saturated rings. The number of thiophene rings is 1. The topological polar surface area (TPSA) is 54.0 Å². The molecule has 0 saturated carbocycles. The molecule has 0 aliphatic rings. The Morgan fingerprint density at radius 2 is 1.77 bits per heavy atom. The maximum Gasteiger partial charge on any atom is 0.256 e. The molecule has 1 unspecified atom stereocenters. The van der Waals surface area contributed by atoms with Crippen LogP contribution in [0.3, 0.4) is 0 Å². The van der Waals surface area contributed by atoms with Crippen molar-refractivity contribution in [2.75, 3.05) is 10.6 Å². The van der Waals surface area contributed by atoms with Gasteiger partial charge in [-0.05, 0) is 61.4 Å². The molecule has 2 aromatic heterocycles. The smallest absolute Gasteiger partial charge is 0.256 e. The van der Waals surface area contributed by atoms with E-state index in [0.717, 1.165) is 26.6 Å². The normalized spacial score (nSPS) is 11.7. The molecule has 2 aromatic carbocycles. The summed E-state index contributed by atoms with van der Waals surface area (Å²) >= 11 is 1.52. The summed E-state index contributed by atoms with van der Waals surface area (Å²) in [5, 5.41) is 7.23. The summed E-state index contributed by atoms with van der Waals surface area (Å²) in [4.78, 5) is 18.3. The summed E-state index contributed by atoms with van der Waals surface area (Å²) in [6.07, 6.45) is 1.70.